The Kier molecular flexibility index (Phi) is 10.0. The zero-order valence-electron chi connectivity index (χ0n) is 30.3. The summed E-state index contributed by atoms with van der Waals surface area (Å²) in [6.45, 7) is 5.84. The van der Waals surface area contributed by atoms with Crippen molar-refractivity contribution in [2.24, 2.45) is 5.92 Å². The highest BCUT2D eigenvalue weighted by Gasteiger charge is 2.66. The standard InChI is InChI=1S/C41H44FN5O5Si/c1-27-38(53(3,4)42)37(21-22-46-25-35(44-45-46)33(26-48)29-11-7-5-8-12-29)52-41(27)34-23-32(51-2)19-20-36(34)47(40(41)50)24-28-15-17-31(18-16-28)43-39(49)30-13-9-6-10-14-30/h5-20,23,25,27,33,37-38,48H,21-22,24,26H2,1-4H3,(H,43,49)/t27-,33?,37+,38-,41+/m0/s1. The first-order chi connectivity index (χ1) is 25.5. The van der Waals surface area contributed by atoms with Crippen LogP contribution in [0, 0.1) is 5.92 Å². The van der Waals surface area contributed by atoms with Crippen molar-refractivity contribution in [1.82, 2.24) is 15.0 Å². The first kappa shape index (κ1) is 36.2. The van der Waals surface area contributed by atoms with Crippen LogP contribution in [0.4, 0.5) is 15.5 Å². The van der Waals surface area contributed by atoms with Crippen LogP contribution in [0.5, 0.6) is 5.75 Å². The van der Waals surface area contributed by atoms with Crippen LogP contribution in [0.1, 0.15) is 52.0 Å². The molecule has 12 heteroatoms. The van der Waals surface area contributed by atoms with E-state index in [1.807, 2.05) is 104 Å². The van der Waals surface area contributed by atoms with Crippen molar-refractivity contribution in [2.45, 2.75) is 62.7 Å². The lowest BCUT2D eigenvalue weighted by Gasteiger charge is -2.31. The summed E-state index contributed by atoms with van der Waals surface area (Å²) in [6.07, 6.45) is 1.66. The fraction of sp³-hybridized carbons (Fsp3) is 0.317. The van der Waals surface area contributed by atoms with Crippen LogP contribution < -0.4 is 15.0 Å². The molecule has 0 radical (unpaired) electrons. The maximum atomic E-state index is 16.4. The van der Waals surface area contributed by atoms with Gasteiger partial charge in [0, 0.05) is 41.0 Å². The molecule has 0 aliphatic carbocycles. The van der Waals surface area contributed by atoms with E-state index in [1.165, 1.54) is 0 Å². The van der Waals surface area contributed by atoms with Crippen LogP contribution in [-0.4, -0.2) is 60.1 Å². The molecule has 1 fully saturated rings. The number of benzene rings is 4. The summed E-state index contributed by atoms with van der Waals surface area (Å²) in [7, 11) is -1.82. The van der Waals surface area contributed by atoms with Gasteiger partial charge in [0.15, 0.2) is 5.60 Å². The first-order valence-electron chi connectivity index (χ1n) is 17.9. The third kappa shape index (κ3) is 6.89. The zero-order valence-corrected chi connectivity index (χ0v) is 31.3. The number of nitrogens with zero attached hydrogens (tertiary/aromatic N) is 4. The van der Waals surface area contributed by atoms with Crippen LogP contribution in [-0.2, 0) is 28.2 Å². The molecule has 5 atom stereocenters. The Morgan fingerprint density at radius 1 is 1.04 bits per heavy atom. The smallest absolute Gasteiger partial charge is 0.264 e. The second-order valence-corrected chi connectivity index (χ2v) is 18.2. The van der Waals surface area contributed by atoms with Crippen LogP contribution >= 0.6 is 0 Å². The summed E-state index contributed by atoms with van der Waals surface area (Å²) in [5, 5.41) is 21.8. The fourth-order valence-corrected chi connectivity index (χ4v) is 10.7. The number of aliphatic hydroxyl groups excluding tert-OH is 1. The predicted octanol–water partition coefficient (Wildman–Crippen LogP) is 7.08. The normalized spacial score (nSPS) is 21.5. The number of aryl methyl sites for hydroxylation is 1. The zero-order chi connectivity index (χ0) is 37.3. The van der Waals surface area contributed by atoms with E-state index < -0.39 is 31.6 Å². The molecule has 10 nitrogen and oxygen atoms in total. The van der Waals surface area contributed by atoms with Gasteiger partial charge in [0.25, 0.3) is 11.8 Å². The summed E-state index contributed by atoms with van der Waals surface area (Å²) in [5.41, 5.74) is 3.08. The van der Waals surface area contributed by atoms with E-state index in [0.717, 1.165) is 11.1 Å². The number of methoxy groups -OCH3 is 1. The fourth-order valence-electron chi connectivity index (χ4n) is 8.15. The van der Waals surface area contributed by atoms with Crippen LogP contribution in [0.2, 0.25) is 18.6 Å². The molecular weight excluding hydrogens is 690 g/mol. The number of carbonyl (C=O) groups is 2. The van der Waals surface area contributed by atoms with E-state index in [0.29, 0.717) is 46.9 Å². The number of carbonyl (C=O) groups excluding carboxylic acids is 2. The lowest BCUT2D eigenvalue weighted by atomic mass is 9.82. The number of fused-ring (bicyclic) bond motifs is 2. The molecule has 2 N–H and O–H groups in total. The molecule has 274 valence electrons. The van der Waals surface area contributed by atoms with Crippen molar-refractivity contribution < 1.29 is 28.3 Å². The molecule has 1 unspecified atom stereocenters. The minimum absolute atomic E-state index is 0.116. The van der Waals surface area contributed by atoms with Gasteiger partial charge in [-0.3, -0.25) is 14.3 Å². The SMILES string of the molecule is COc1ccc2c(c1)[C@@]1(O[C@H](CCn3cc(C(CO)c4ccccc4)nn3)[C@@H]([Si](C)(C)F)[C@@H]1C)C(=O)N2Cc1ccc(NC(=O)c2ccccc2)cc1. The summed E-state index contributed by atoms with van der Waals surface area (Å²) in [6, 6.07) is 31.6. The number of rotatable bonds is 12. The Labute approximate surface area is 309 Å². The lowest BCUT2D eigenvalue weighted by molar-refractivity contribution is -0.146. The van der Waals surface area contributed by atoms with Crippen molar-refractivity contribution in [3.63, 3.8) is 0 Å². The number of halogens is 1. The average molecular weight is 734 g/mol. The van der Waals surface area contributed by atoms with Crippen molar-refractivity contribution in [1.29, 1.82) is 0 Å². The van der Waals surface area contributed by atoms with Crippen molar-refractivity contribution in [3.05, 3.63) is 137 Å². The van der Waals surface area contributed by atoms with E-state index in [1.54, 1.807) is 41.9 Å². The van der Waals surface area contributed by atoms with Gasteiger partial charge in [0.1, 0.15) is 5.75 Å². The second-order valence-electron chi connectivity index (χ2n) is 14.4. The average Bonchev–Trinajstić information content (AvgIpc) is 3.82. The molecule has 7 rings (SSSR count). The summed E-state index contributed by atoms with van der Waals surface area (Å²) in [5.74, 6) is -0.660. The highest BCUT2D eigenvalue weighted by molar-refractivity contribution is 6.72. The highest BCUT2D eigenvalue weighted by Crippen LogP contribution is 2.60. The van der Waals surface area contributed by atoms with Gasteiger partial charge in [-0.15, -0.1) is 5.10 Å². The molecule has 1 aromatic heterocycles. The molecular formula is C41H44FN5O5Si. The second kappa shape index (κ2) is 14.7. The number of amides is 2. The van der Waals surface area contributed by atoms with Crippen molar-refractivity contribution in [2.75, 3.05) is 23.9 Å². The van der Waals surface area contributed by atoms with Gasteiger partial charge >= 0.3 is 0 Å². The van der Waals surface area contributed by atoms with E-state index >= 15 is 4.11 Å². The van der Waals surface area contributed by atoms with Gasteiger partial charge in [0.05, 0.1) is 43.7 Å². The van der Waals surface area contributed by atoms with Gasteiger partial charge in [-0.1, -0.05) is 72.8 Å². The van der Waals surface area contributed by atoms with E-state index in [9.17, 15) is 14.7 Å². The molecule has 0 bridgehead atoms. The molecule has 1 spiro atoms. The first-order valence-corrected chi connectivity index (χ1v) is 20.9. The quantitative estimate of drug-likeness (QED) is 0.104. The van der Waals surface area contributed by atoms with Crippen molar-refractivity contribution in [3.8, 4) is 5.75 Å². The summed E-state index contributed by atoms with van der Waals surface area (Å²) >= 11 is 0. The number of anilines is 2. The Bertz CT molecular complexity index is 2070. The molecule has 0 saturated carbocycles. The minimum Gasteiger partial charge on any atom is -0.497 e. The molecule has 1 saturated heterocycles. The number of ether oxygens (including phenoxy) is 2. The van der Waals surface area contributed by atoms with Gasteiger partial charge < -0.3 is 28.9 Å². The summed E-state index contributed by atoms with van der Waals surface area (Å²) < 4.78 is 30.7. The monoisotopic (exact) mass is 733 g/mol. The Morgan fingerprint density at radius 3 is 2.40 bits per heavy atom. The van der Waals surface area contributed by atoms with Crippen LogP contribution in [0.15, 0.2) is 109 Å². The van der Waals surface area contributed by atoms with E-state index in [2.05, 4.69) is 15.6 Å². The number of aromatic nitrogens is 3. The van der Waals surface area contributed by atoms with Crippen LogP contribution in [0.25, 0.3) is 0 Å². The third-order valence-electron chi connectivity index (χ3n) is 10.7. The molecule has 4 aromatic carbocycles. The summed E-state index contributed by atoms with van der Waals surface area (Å²) in [4.78, 5) is 29.3. The molecule has 5 aromatic rings. The highest BCUT2D eigenvalue weighted by atomic mass is 28.4. The Morgan fingerprint density at radius 2 is 1.74 bits per heavy atom. The van der Waals surface area contributed by atoms with Gasteiger partial charge in [-0.05, 0) is 73.1 Å². The largest absolute Gasteiger partial charge is 0.497 e. The molecule has 3 heterocycles. The maximum Gasteiger partial charge on any atom is 0.264 e. The van der Waals surface area contributed by atoms with E-state index in [4.69, 9.17) is 9.47 Å². The van der Waals surface area contributed by atoms with Gasteiger partial charge in [0.2, 0.25) is 8.41 Å². The van der Waals surface area contributed by atoms with E-state index in [-0.39, 0.29) is 30.9 Å². The Hall–Kier alpha value is -5.17. The maximum absolute atomic E-state index is 16.4. The number of aliphatic hydroxyl groups is 1. The molecule has 2 amide bonds. The van der Waals surface area contributed by atoms with Crippen molar-refractivity contribution >= 4 is 31.6 Å². The van der Waals surface area contributed by atoms with Crippen LogP contribution in [0.3, 0.4) is 0 Å². The number of hydrogen-bond acceptors (Lipinski definition) is 7. The predicted molar refractivity (Wildman–Crippen MR) is 203 cm³/mol. The molecule has 53 heavy (non-hydrogen) atoms. The number of hydrogen-bond donors (Lipinski definition) is 2. The third-order valence-corrected chi connectivity index (χ3v) is 13.2. The van der Waals surface area contributed by atoms with Gasteiger partial charge in [-0.25, -0.2) is 0 Å². The lowest BCUT2D eigenvalue weighted by Crippen LogP contribution is -2.45. The van der Waals surface area contributed by atoms with Gasteiger partial charge in [-0.2, -0.15) is 0 Å². The minimum atomic E-state index is -3.40. The molecule has 2 aliphatic heterocycles. The number of nitrogens with one attached hydrogen (secondary N) is 1. The topological polar surface area (TPSA) is 119 Å². The molecule has 2 aliphatic rings. The Balaban J connectivity index is 1.14.